The van der Waals surface area contributed by atoms with Gasteiger partial charge in [-0.25, -0.2) is 0 Å². The summed E-state index contributed by atoms with van der Waals surface area (Å²) in [5, 5.41) is 8.88. The maximum absolute atomic E-state index is 10.1. The number of ether oxygens (including phenoxy) is 1. The lowest BCUT2D eigenvalue weighted by Crippen LogP contribution is -1.95. The molecular weight excluding hydrogens is 360 g/mol. The van der Waals surface area contributed by atoms with Gasteiger partial charge in [0, 0.05) is 6.42 Å². The minimum atomic E-state index is 0.0347. The lowest BCUT2D eigenvalue weighted by Gasteiger charge is -2.09. The standard InChI is InChI=1S/C19H34O.C7H6O2/c1-4-7-10-11-12-13-15-17-19(16-14-8-5-2)20-18-9-6-3;8-5-6-3-1-2-4-7(6)9/h5,8,14,16H,2,4,6-7,9-13,15,17-18H2,1,3H3;1-5,9H/b14-8+,19-16-;. The summed E-state index contributed by atoms with van der Waals surface area (Å²) in [7, 11) is 0. The normalized spacial score (nSPS) is 11.0. The zero-order chi connectivity index (χ0) is 21.6. The summed E-state index contributed by atoms with van der Waals surface area (Å²) in [6.07, 6.45) is 21.3. The van der Waals surface area contributed by atoms with Gasteiger partial charge < -0.3 is 9.84 Å². The van der Waals surface area contributed by atoms with Gasteiger partial charge in [-0.05, 0) is 31.1 Å². The number of phenolic OH excluding ortho intramolecular Hbond substituents is 1. The number of aromatic hydroxyl groups is 1. The fourth-order valence-corrected chi connectivity index (χ4v) is 2.64. The van der Waals surface area contributed by atoms with Crippen LogP contribution in [-0.4, -0.2) is 18.0 Å². The molecule has 0 saturated carbocycles. The maximum Gasteiger partial charge on any atom is 0.153 e. The molecule has 3 heteroatoms. The van der Waals surface area contributed by atoms with E-state index in [2.05, 4.69) is 26.5 Å². The summed E-state index contributed by atoms with van der Waals surface area (Å²) in [6.45, 7) is 9.00. The Morgan fingerprint density at radius 1 is 0.966 bits per heavy atom. The van der Waals surface area contributed by atoms with E-state index in [1.807, 2.05) is 12.2 Å². The highest BCUT2D eigenvalue weighted by molar-refractivity contribution is 5.78. The molecule has 0 amide bonds. The van der Waals surface area contributed by atoms with Crippen molar-refractivity contribution >= 4 is 6.29 Å². The monoisotopic (exact) mass is 400 g/mol. The molecule has 1 aromatic carbocycles. The molecule has 162 valence electrons. The SMILES string of the molecule is C=C/C=C/C=C(/CCCCCCCCC)OCCCC.O=Cc1ccccc1O. The molecular formula is C26H40O3. The van der Waals surface area contributed by atoms with Gasteiger partial charge in [0.05, 0.1) is 17.9 Å². The third-order valence-electron chi connectivity index (χ3n) is 4.41. The van der Waals surface area contributed by atoms with E-state index in [4.69, 9.17) is 9.84 Å². The number of carbonyl (C=O) groups is 1. The third kappa shape index (κ3) is 16.4. The minimum Gasteiger partial charge on any atom is -0.507 e. The second-order valence-electron chi connectivity index (χ2n) is 7.00. The molecule has 1 aromatic rings. The second-order valence-corrected chi connectivity index (χ2v) is 7.00. The first-order valence-corrected chi connectivity index (χ1v) is 11.0. The predicted octanol–water partition coefficient (Wildman–Crippen LogP) is 7.77. The number of unbranched alkanes of at least 4 members (excludes halogenated alkanes) is 7. The molecule has 0 radical (unpaired) electrons. The highest BCUT2D eigenvalue weighted by Crippen LogP contribution is 2.14. The molecule has 0 aliphatic carbocycles. The van der Waals surface area contributed by atoms with E-state index in [0.29, 0.717) is 11.8 Å². The molecule has 0 saturated heterocycles. The fraction of sp³-hybridized carbons (Fsp3) is 0.500. The van der Waals surface area contributed by atoms with Crippen molar-refractivity contribution in [1.82, 2.24) is 0 Å². The minimum absolute atomic E-state index is 0.0347. The van der Waals surface area contributed by atoms with E-state index in [0.717, 1.165) is 25.2 Å². The van der Waals surface area contributed by atoms with Gasteiger partial charge in [0.15, 0.2) is 6.29 Å². The van der Waals surface area contributed by atoms with Crippen molar-refractivity contribution in [2.24, 2.45) is 0 Å². The Bertz CT molecular complexity index is 587. The number of para-hydroxylation sites is 1. The van der Waals surface area contributed by atoms with Gasteiger partial charge in [-0.15, -0.1) is 0 Å². The average molecular weight is 401 g/mol. The van der Waals surface area contributed by atoms with E-state index in [-0.39, 0.29) is 5.75 Å². The van der Waals surface area contributed by atoms with Gasteiger partial charge in [0.25, 0.3) is 0 Å². The zero-order valence-corrected chi connectivity index (χ0v) is 18.4. The summed E-state index contributed by atoms with van der Waals surface area (Å²) < 4.78 is 5.85. The summed E-state index contributed by atoms with van der Waals surface area (Å²) >= 11 is 0. The quantitative estimate of drug-likeness (QED) is 0.141. The van der Waals surface area contributed by atoms with Crippen molar-refractivity contribution < 1.29 is 14.6 Å². The Morgan fingerprint density at radius 3 is 2.21 bits per heavy atom. The van der Waals surface area contributed by atoms with Gasteiger partial charge >= 0.3 is 0 Å². The Labute approximate surface area is 178 Å². The molecule has 0 spiro atoms. The summed E-state index contributed by atoms with van der Waals surface area (Å²) in [5.74, 6) is 1.16. The summed E-state index contributed by atoms with van der Waals surface area (Å²) in [4.78, 5) is 10.1. The Hall–Kier alpha value is -2.29. The fourth-order valence-electron chi connectivity index (χ4n) is 2.64. The summed E-state index contributed by atoms with van der Waals surface area (Å²) in [6, 6.07) is 6.40. The molecule has 1 rings (SSSR count). The van der Waals surface area contributed by atoms with Crippen molar-refractivity contribution in [1.29, 1.82) is 0 Å². The smallest absolute Gasteiger partial charge is 0.153 e. The van der Waals surface area contributed by atoms with Crippen LogP contribution in [0.3, 0.4) is 0 Å². The van der Waals surface area contributed by atoms with E-state index in [1.54, 1.807) is 24.3 Å². The third-order valence-corrected chi connectivity index (χ3v) is 4.41. The van der Waals surface area contributed by atoms with Crippen molar-refractivity contribution in [3.8, 4) is 5.75 Å². The molecule has 0 fully saturated rings. The number of hydrogen-bond acceptors (Lipinski definition) is 3. The first-order chi connectivity index (χ1) is 14.2. The van der Waals surface area contributed by atoms with Gasteiger partial charge in [0.2, 0.25) is 0 Å². The van der Waals surface area contributed by atoms with E-state index >= 15 is 0 Å². The van der Waals surface area contributed by atoms with Crippen molar-refractivity contribution in [2.45, 2.75) is 78.1 Å². The summed E-state index contributed by atoms with van der Waals surface area (Å²) in [5.41, 5.74) is 0.331. The Morgan fingerprint density at radius 2 is 1.62 bits per heavy atom. The number of benzene rings is 1. The first kappa shape index (κ1) is 26.7. The number of rotatable bonds is 15. The maximum atomic E-state index is 10.1. The van der Waals surface area contributed by atoms with Gasteiger partial charge in [-0.3, -0.25) is 4.79 Å². The molecule has 0 unspecified atom stereocenters. The molecule has 0 aliphatic heterocycles. The van der Waals surface area contributed by atoms with Gasteiger partial charge in [-0.2, -0.15) is 0 Å². The topological polar surface area (TPSA) is 46.5 Å². The zero-order valence-electron chi connectivity index (χ0n) is 18.4. The second kappa shape index (κ2) is 20.4. The highest BCUT2D eigenvalue weighted by atomic mass is 16.5. The van der Waals surface area contributed by atoms with Gasteiger partial charge in [-0.1, -0.05) is 95.7 Å². The van der Waals surface area contributed by atoms with Crippen LogP contribution in [-0.2, 0) is 4.74 Å². The number of hydrogen-bond donors (Lipinski definition) is 1. The van der Waals surface area contributed by atoms with Crippen LogP contribution in [0.2, 0.25) is 0 Å². The van der Waals surface area contributed by atoms with E-state index < -0.39 is 0 Å². The lowest BCUT2D eigenvalue weighted by molar-refractivity contribution is 0.112. The molecule has 29 heavy (non-hydrogen) atoms. The van der Waals surface area contributed by atoms with Crippen LogP contribution >= 0.6 is 0 Å². The van der Waals surface area contributed by atoms with Crippen LogP contribution in [0, 0.1) is 0 Å². The van der Waals surface area contributed by atoms with Crippen LogP contribution in [0.25, 0.3) is 0 Å². The van der Waals surface area contributed by atoms with E-state index in [1.165, 1.54) is 57.4 Å². The molecule has 0 aliphatic rings. The number of phenols is 1. The predicted molar refractivity (Wildman–Crippen MR) is 124 cm³/mol. The molecule has 0 heterocycles. The number of carbonyl (C=O) groups excluding carboxylic acids is 1. The van der Waals surface area contributed by atoms with Crippen molar-refractivity contribution in [2.75, 3.05) is 6.61 Å². The molecule has 0 bridgehead atoms. The number of aldehydes is 1. The van der Waals surface area contributed by atoms with Crippen molar-refractivity contribution in [3.63, 3.8) is 0 Å². The molecule has 0 atom stereocenters. The first-order valence-electron chi connectivity index (χ1n) is 11.0. The lowest BCUT2D eigenvalue weighted by atomic mass is 10.1. The highest BCUT2D eigenvalue weighted by Gasteiger charge is 1.98. The molecule has 1 N–H and O–H groups in total. The van der Waals surface area contributed by atoms with Crippen LogP contribution in [0.4, 0.5) is 0 Å². The molecule has 0 aromatic heterocycles. The van der Waals surface area contributed by atoms with Gasteiger partial charge in [0.1, 0.15) is 5.75 Å². The average Bonchev–Trinajstić information content (AvgIpc) is 2.74. The van der Waals surface area contributed by atoms with Crippen LogP contribution in [0.1, 0.15) is 88.4 Å². The molecule has 3 nitrogen and oxygen atoms in total. The number of allylic oxidation sites excluding steroid dienone is 5. The Kier molecular flexibility index (Phi) is 18.8. The van der Waals surface area contributed by atoms with Crippen molar-refractivity contribution in [3.05, 3.63) is 66.5 Å². The largest absolute Gasteiger partial charge is 0.507 e. The Balaban J connectivity index is 0.000000717. The van der Waals surface area contributed by atoms with Crippen LogP contribution in [0.15, 0.2) is 60.9 Å². The van der Waals surface area contributed by atoms with Crippen LogP contribution < -0.4 is 0 Å². The van der Waals surface area contributed by atoms with E-state index in [9.17, 15) is 4.79 Å². The van der Waals surface area contributed by atoms with Crippen LogP contribution in [0.5, 0.6) is 5.75 Å².